The van der Waals surface area contributed by atoms with E-state index in [4.69, 9.17) is 14.9 Å². The lowest BCUT2D eigenvalue weighted by Gasteiger charge is -2.19. The second kappa shape index (κ2) is 8.03. The third-order valence-corrected chi connectivity index (χ3v) is 1.43. The third kappa shape index (κ3) is 9.53. The average molecular weight is 278 g/mol. The Bertz CT molecular complexity index is 330. The van der Waals surface area contributed by atoms with Crippen LogP contribution in [0.25, 0.3) is 0 Å². The van der Waals surface area contributed by atoms with Crippen LogP contribution in [-0.4, -0.2) is 46.7 Å². The number of aliphatic carboxylic acids is 2. The van der Waals surface area contributed by atoms with Crippen molar-refractivity contribution < 1.29 is 43.6 Å². The van der Waals surface area contributed by atoms with Crippen LogP contribution >= 0.6 is 0 Å². The summed E-state index contributed by atoms with van der Waals surface area (Å²) in [5.41, 5.74) is 0. The molecule has 108 valence electrons. The molecular weight excluding hydrogens is 264 g/mol. The molecule has 0 spiro atoms. The highest BCUT2D eigenvalue weighted by Crippen LogP contribution is 2.06. The summed E-state index contributed by atoms with van der Waals surface area (Å²) in [7, 11) is 0. The molecule has 0 aromatic carbocycles. The van der Waals surface area contributed by atoms with Crippen LogP contribution in [0.15, 0.2) is 0 Å². The molecule has 0 aromatic rings. The van der Waals surface area contributed by atoms with E-state index in [1.807, 2.05) is 0 Å². The van der Waals surface area contributed by atoms with Crippen molar-refractivity contribution in [3.63, 3.8) is 0 Å². The summed E-state index contributed by atoms with van der Waals surface area (Å²) in [4.78, 5) is 42.6. The molecule has 0 bridgehead atoms. The molecule has 0 fully saturated rings. The molecule has 0 saturated heterocycles. The van der Waals surface area contributed by atoms with Crippen molar-refractivity contribution >= 4 is 23.9 Å². The topological polar surface area (TPSA) is 136 Å². The number of carboxylic acid groups (broad SMARTS) is 2. The molecule has 9 heteroatoms. The number of rotatable bonds is 8. The molecule has 0 aliphatic rings. The molecule has 0 heterocycles. The Labute approximate surface area is 108 Å². The van der Waals surface area contributed by atoms with Gasteiger partial charge in [-0.05, 0) is 13.8 Å². The Morgan fingerprint density at radius 1 is 0.895 bits per heavy atom. The second-order valence-electron chi connectivity index (χ2n) is 3.59. The zero-order valence-corrected chi connectivity index (χ0v) is 10.3. The normalized spacial score (nSPS) is 10.3. The Morgan fingerprint density at radius 3 is 1.53 bits per heavy atom. The van der Waals surface area contributed by atoms with E-state index < -0.39 is 49.3 Å². The van der Waals surface area contributed by atoms with Gasteiger partial charge in [0.1, 0.15) is 12.8 Å². The summed E-state index contributed by atoms with van der Waals surface area (Å²) in [6, 6.07) is 0. The number of hydrogen-bond donors (Lipinski definition) is 2. The molecule has 2 N–H and O–H groups in total. The van der Waals surface area contributed by atoms with Crippen LogP contribution in [0.1, 0.15) is 26.7 Å². The maximum atomic E-state index is 11.1. The van der Waals surface area contributed by atoms with E-state index in [0.29, 0.717) is 0 Å². The van der Waals surface area contributed by atoms with Crippen molar-refractivity contribution in [3.8, 4) is 0 Å². The summed E-state index contributed by atoms with van der Waals surface area (Å²) >= 11 is 0. The quantitative estimate of drug-likeness (QED) is 0.349. The number of carbonyl (C=O) groups is 4. The summed E-state index contributed by atoms with van der Waals surface area (Å²) in [5.74, 6) is -5.21. The van der Waals surface area contributed by atoms with Crippen molar-refractivity contribution in [1.82, 2.24) is 0 Å². The van der Waals surface area contributed by atoms with Gasteiger partial charge in [0.25, 0.3) is 0 Å². The van der Waals surface area contributed by atoms with Gasteiger partial charge in [-0.3, -0.25) is 19.2 Å². The lowest BCUT2D eigenvalue weighted by molar-refractivity contribution is -0.275. The minimum atomic E-state index is -1.78. The van der Waals surface area contributed by atoms with Crippen LogP contribution in [0.4, 0.5) is 0 Å². The maximum absolute atomic E-state index is 11.1. The van der Waals surface area contributed by atoms with Crippen LogP contribution in [0, 0.1) is 0 Å². The second-order valence-corrected chi connectivity index (χ2v) is 3.59. The van der Waals surface area contributed by atoms with Gasteiger partial charge in [-0.2, -0.15) is 0 Å². The van der Waals surface area contributed by atoms with Gasteiger partial charge in [-0.1, -0.05) is 0 Å². The minimum Gasteiger partial charge on any atom is -0.481 e. The highest BCUT2D eigenvalue weighted by Gasteiger charge is 2.23. The summed E-state index contributed by atoms with van der Waals surface area (Å²) in [6.07, 6.45) is -2.37. The molecule has 0 rings (SSSR count). The van der Waals surface area contributed by atoms with E-state index >= 15 is 0 Å². The van der Waals surface area contributed by atoms with E-state index in [0.717, 1.165) is 0 Å². The summed E-state index contributed by atoms with van der Waals surface area (Å²) in [6.45, 7) is 1.31. The van der Waals surface area contributed by atoms with Gasteiger partial charge < -0.3 is 24.4 Å². The lowest BCUT2D eigenvalue weighted by Crippen LogP contribution is -2.31. The molecule has 0 saturated carbocycles. The first-order valence-electron chi connectivity index (χ1n) is 5.18. The predicted molar refractivity (Wildman–Crippen MR) is 56.7 cm³/mol. The largest absolute Gasteiger partial charge is 0.481 e. The van der Waals surface area contributed by atoms with Gasteiger partial charge >= 0.3 is 30.4 Å². The number of esters is 2. The van der Waals surface area contributed by atoms with Crippen molar-refractivity contribution in [2.75, 3.05) is 0 Å². The zero-order chi connectivity index (χ0) is 15.0. The molecule has 0 aliphatic heterocycles. The summed E-state index contributed by atoms with van der Waals surface area (Å²) < 4.78 is 13.8. The Balaban J connectivity index is 4.45. The highest BCUT2D eigenvalue weighted by atomic mass is 16.9. The van der Waals surface area contributed by atoms with Crippen LogP contribution in [-0.2, 0) is 33.4 Å². The van der Waals surface area contributed by atoms with Crippen molar-refractivity contribution in [3.05, 3.63) is 0 Å². The molecule has 0 atom stereocenters. The van der Waals surface area contributed by atoms with Crippen LogP contribution in [0.5, 0.6) is 0 Å². The number of ether oxygens (including phenoxy) is 3. The Morgan fingerprint density at radius 2 is 1.26 bits per heavy atom. The number of carbonyl (C=O) groups excluding carboxylic acids is 2. The molecule has 19 heavy (non-hydrogen) atoms. The van der Waals surface area contributed by atoms with Gasteiger partial charge in [0.2, 0.25) is 0 Å². The monoisotopic (exact) mass is 278 g/mol. The van der Waals surface area contributed by atoms with Crippen LogP contribution < -0.4 is 0 Å². The van der Waals surface area contributed by atoms with E-state index in [1.165, 1.54) is 0 Å². The molecular formula is C10H14O9. The van der Waals surface area contributed by atoms with Gasteiger partial charge in [-0.15, -0.1) is 0 Å². The Hall–Kier alpha value is -2.16. The average Bonchev–Trinajstić information content (AvgIpc) is 2.11. The van der Waals surface area contributed by atoms with Crippen molar-refractivity contribution in [2.24, 2.45) is 0 Å². The molecule has 0 amide bonds. The van der Waals surface area contributed by atoms with Crippen molar-refractivity contribution in [1.29, 1.82) is 0 Å². The van der Waals surface area contributed by atoms with Crippen molar-refractivity contribution in [2.45, 2.75) is 39.3 Å². The maximum Gasteiger partial charge on any atom is 0.365 e. The highest BCUT2D eigenvalue weighted by molar-refractivity contribution is 5.91. The van der Waals surface area contributed by atoms with E-state index in [9.17, 15) is 19.2 Å². The fraction of sp³-hybridized carbons (Fsp3) is 0.600. The molecule has 0 aromatic heterocycles. The summed E-state index contributed by atoms with van der Waals surface area (Å²) in [5, 5.41) is 16.7. The predicted octanol–water partition coefficient (Wildman–Crippen LogP) is -0.269. The first-order chi connectivity index (χ1) is 8.70. The first-order valence-corrected chi connectivity index (χ1v) is 5.18. The van der Waals surface area contributed by atoms with Gasteiger partial charge in [0, 0.05) is 0 Å². The number of hydrogen-bond acceptors (Lipinski definition) is 7. The standard InChI is InChI=1S/C10H14O9/c1-5(2)17-10(18-8(15)3-6(11)12)19-9(16)4-7(13)14/h5,10H,3-4H2,1-2H3,(H,11,12)(H,13,14). The smallest absolute Gasteiger partial charge is 0.365 e. The van der Waals surface area contributed by atoms with E-state index in [1.54, 1.807) is 13.8 Å². The van der Waals surface area contributed by atoms with E-state index in [2.05, 4.69) is 9.47 Å². The minimum absolute atomic E-state index is 0.500. The molecule has 0 radical (unpaired) electrons. The fourth-order valence-corrected chi connectivity index (χ4v) is 0.847. The van der Waals surface area contributed by atoms with Gasteiger partial charge in [-0.25, -0.2) is 0 Å². The fourth-order valence-electron chi connectivity index (χ4n) is 0.847. The third-order valence-electron chi connectivity index (χ3n) is 1.43. The van der Waals surface area contributed by atoms with E-state index in [-0.39, 0.29) is 0 Å². The zero-order valence-electron chi connectivity index (χ0n) is 10.3. The SMILES string of the molecule is CC(C)OC(OC(=O)CC(=O)O)OC(=O)CC(=O)O. The van der Waals surface area contributed by atoms with Crippen LogP contribution in [0.3, 0.4) is 0 Å². The van der Waals surface area contributed by atoms with Crippen LogP contribution in [0.2, 0.25) is 0 Å². The molecule has 9 nitrogen and oxygen atoms in total. The lowest BCUT2D eigenvalue weighted by atomic mass is 10.4. The van der Waals surface area contributed by atoms with Gasteiger partial charge in [0.05, 0.1) is 6.10 Å². The molecule has 0 aliphatic carbocycles. The molecule has 0 unspecified atom stereocenters. The first kappa shape index (κ1) is 16.8. The Kier molecular flexibility index (Phi) is 7.12. The number of carboxylic acids is 2. The van der Waals surface area contributed by atoms with Gasteiger partial charge in [0.15, 0.2) is 0 Å².